The van der Waals surface area contributed by atoms with Crippen molar-refractivity contribution in [3.8, 4) is 0 Å². The quantitative estimate of drug-likeness (QED) is 0.665. The lowest BCUT2D eigenvalue weighted by atomic mass is 10.0. The lowest BCUT2D eigenvalue weighted by Crippen LogP contribution is -2.04. The van der Waals surface area contributed by atoms with E-state index in [1.165, 1.54) is 6.92 Å². The van der Waals surface area contributed by atoms with Crippen LogP contribution in [0.2, 0.25) is 0 Å². The maximum atomic E-state index is 10.8. The molecule has 0 aromatic carbocycles. The fraction of sp³-hybridized carbons (Fsp3) is 0.300. The van der Waals surface area contributed by atoms with Gasteiger partial charge in [-0.2, -0.15) is 0 Å². The largest absolute Gasteiger partial charge is 0.426 e. The van der Waals surface area contributed by atoms with Crippen LogP contribution >= 0.6 is 0 Å². The molecule has 0 saturated heterocycles. The summed E-state index contributed by atoms with van der Waals surface area (Å²) in [7, 11) is 0. The second-order valence-electron chi connectivity index (χ2n) is 3.07. The molecule has 0 saturated carbocycles. The van der Waals surface area contributed by atoms with Gasteiger partial charge < -0.3 is 9.72 Å². The molecule has 1 N–H and O–H groups in total. The average molecular weight is 177 g/mol. The minimum absolute atomic E-state index is 0.264. The van der Waals surface area contributed by atoms with Gasteiger partial charge in [-0.15, -0.1) is 0 Å². The van der Waals surface area contributed by atoms with Crippen LogP contribution in [-0.4, -0.2) is 11.0 Å². The fourth-order valence-electron chi connectivity index (χ4n) is 1.55. The van der Waals surface area contributed by atoms with Crippen molar-refractivity contribution in [3.63, 3.8) is 0 Å². The Hall–Kier alpha value is -1.51. The number of H-pyrrole nitrogens is 1. The number of esters is 1. The minimum atomic E-state index is -0.264. The lowest BCUT2D eigenvalue weighted by molar-refractivity contribution is -0.134. The molecule has 3 nitrogen and oxygen atoms in total. The van der Waals surface area contributed by atoms with Gasteiger partial charge in [0.25, 0.3) is 0 Å². The summed E-state index contributed by atoms with van der Waals surface area (Å²) in [5.74, 6) is 0.426. The summed E-state index contributed by atoms with van der Waals surface area (Å²) in [6.45, 7) is 1.42. The first-order valence-corrected chi connectivity index (χ1v) is 4.32. The maximum Gasteiger partial charge on any atom is 0.308 e. The zero-order valence-corrected chi connectivity index (χ0v) is 7.46. The normalized spacial score (nSPS) is 14.7. The highest BCUT2D eigenvalue weighted by Crippen LogP contribution is 2.26. The number of aromatic amines is 1. The minimum Gasteiger partial charge on any atom is -0.426 e. The Morgan fingerprint density at radius 2 is 2.46 bits per heavy atom. The molecule has 0 fully saturated rings. The van der Waals surface area contributed by atoms with Crippen LogP contribution < -0.4 is 0 Å². The Morgan fingerprint density at radius 1 is 1.62 bits per heavy atom. The van der Waals surface area contributed by atoms with E-state index in [2.05, 4.69) is 4.98 Å². The number of carbonyl (C=O) groups excluding carboxylic acids is 1. The van der Waals surface area contributed by atoms with Gasteiger partial charge in [-0.25, -0.2) is 0 Å². The molecule has 3 heteroatoms. The number of nitrogens with one attached hydrogen (secondary N) is 1. The first-order chi connectivity index (χ1) is 6.27. The lowest BCUT2D eigenvalue weighted by Gasteiger charge is -2.12. The van der Waals surface area contributed by atoms with Gasteiger partial charge in [-0.05, 0) is 25.0 Å². The number of rotatable bonds is 1. The number of hydrogen-bond acceptors (Lipinski definition) is 2. The number of aryl methyl sites for hydroxylation is 1. The number of carbonyl (C=O) groups is 1. The SMILES string of the molecule is CC(=O)OC1=CCCc2[nH]ccc21. The summed E-state index contributed by atoms with van der Waals surface area (Å²) in [6, 6.07) is 1.93. The standard InChI is InChI=1S/C10H11NO2/c1-7(12)13-10-4-2-3-9-8(10)5-6-11-9/h4-6,11H,2-3H2,1H3. The number of aromatic nitrogens is 1. The molecule has 1 aliphatic carbocycles. The van der Waals surface area contributed by atoms with Crippen molar-refractivity contribution < 1.29 is 9.53 Å². The fourth-order valence-corrected chi connectivity index (χ4v) is 1.55. The zero-order valence-electron chi connectivity index (χ0n) is 7.46. The van der Waals surface area contributed by atoms with Gasteiger partial charge in [0.15, 0.2) is 0 Å². The van der Waals surface area contributed by atoms with Crippen LogP contribution in [0.1, 0.15) is 24.6 Å². The molecule has 13 heavy (non-hydrogen) atoms. The van der Waals surface area contributed by atoms with Crippen LogP contribution in [0, 0.1) is 0 Å². The van der Waals surface area contributed by atoms with Gasteiger partial charge in [0.05, 0.1) is 0 Å². The molecule has 0 bridgehead atoms. The van der Waals surface area contributed by atoms with Crippen molar-refractivity contribution in [2.45, 2.75) is 19.8 Å². The van der Waals surface area contributed by atoms with E-state index in [-0.39, 0.29) is 5.97 Å². The Labute approximate surface area is 76.4 Å². The van der Waals surface area contributed by atoms with Crippen molar-refractivity contribution in [1.82, 2.24) is 4.98 Å². The number of fused-ring (bicyclic) bond motifs is 1. The second-order valence-corrected chi connectivity index (χ2v) is 3.07. The van der Waals surface area contributed by atoms with E-state index >= 15 is 0 Å². The van der Waals surface area contributed by atoms with E-state index in [4.69, 9.17) is 4.74 Å². The van der Waals surface area contributed by atoms with E-state index in [0.717, 1.165) is 24.1 Å². The maximum absolute atomic E-state index is 10.8. The average Bonchev–Trinajstić information content (AvgIpc) is 2.51. The first-order valence-electron chi connectivity index (χ1n) is 4.32. The highest BCUT2D eigenvalue weighted by atomic mass is 16.5. The van der Waals surface area contributed by atoms with Crippen molar-refractivity contribution in [2.75, 3.05) is 0 Å². The van der Waals surface area contributed by atoms with E-state index < -0.39 is 0 Å². The Bertz CT molecular complexity index is 363. The third-order valence-corrected chi connectivity index (χ3v) is 2.08. The molecule has 0 aliphatic heterocycles. The molecule has 2 rings (SSSR count). The molecule has 68 valence electrons. The molecule has 0 atom stereocenters. The highest BCUT2D eigenvalue weighted by molar-refractivity contribution is 5.77. The van der Waals surface area contributed by atoms with Crippen molar-refractivity contribution in [3.05, 3.63) is 29.6 Å². The van der Waals surface area contributed by atoms with Crippen LogP contribution in [-0.2, 0) is 16.0 Å². The summed E-state index contributed by atoms with van der Waals surface area (Å²) >= 11 is 0. The van der Waals surface area contributed by atoms with E-state index in [9.17, 15) is 4.79 Å². The third kappa shape index (κ3) is 1.49. The predicted molar refractivity (Wildman–Crippen MR) is 48.9 cm³/mol. The zero-order chi connectivity index (χ0) is 9.26. The molecule has 0 unspecified atom stereocenters. The predicted octanol–water partition coefficient (Wildman–Crippen LogP) is 1.86. The summed E-state index contributed by atoms with van der Waals surface area (Å²) in [4.78, 5) is 13.9. The molecule has 0 spiro atoms. The number of hydrogen-bond donors (Lipinski definition) is 1. The van der Waals surface area contributed by atoms with Crippen LogP contribution in [0.25, 0.3) is 5.76 Å². The van der Waals surface area contributed by atoms with Gasteiger partial charge in [0.1, 0.15) is 5.76 Å². The Kier molecular flexibility index (Phi) is 1.93. The van der Waals surface area contributed by atoms with Crippen molar-refractivity contribution >= 4 is 11.7 Å². The van der Waals surface area contributed by atoms with E-state index in [1.54, 1.807) is 0 Å². The summed E-state index contributed by atoms with van der Waals surface area (Å²) < 4.78 is 5.08. The summed E-state index contributed by atoms with van der Waals surface area (Å²) in [6.07, 6.45) is 5.74. The van der Waals surface area contributed by atoms with E-state index in [1.807, 2.05) is 18.3 Å². The van der Waals surface area contributed by atoms with Gasteiger partial charge in [-0.1, -0.05) is 0 Å². The van der Waals surface area contributed by atoms with Crippen molar-refractivity contribution in [2.24, 2.45) is 0 Å². The number of ether oxygens (including phenoxy) is 1. The molecule has 1 aliphatic rings. The molecule has 0 radical (unpaired) electrons. The van der Waals surface area contributed by atoms with Crippen LogP contribution in [0.5, 0.6) is 0 Å². The smallest absolute Gasteiger partial charge is 0.308 e. The van der Waals surface area contributed by atoms with Gasteiger partial charge in [-0.3, -0.25) is 4.79 Å². The molecule has 1 aromatic rings. The summed E-state index contributed by atoms with van der Waals surface area (Å²) in [5.41, 5.74) is 2.17. The van der Waals surface area contributed by atoms with Gasteiger partial charge >= 0.3 is 5.97 Å². The molecule has 0 amide bonds. The van der Waals surface area contributed by atoms with Gasteiger partial charge in [0, 0.05) is 24.4 Å². The third-order valence-electron chi connectivity index (χ3n) is 2.08. The Balaban J connectivity index is 2.30. The molecular weight excluding hydrogens is 166 g/mol. The monoisotopic (exact) mass is 177 g/mol. The molecule has 1 aromatic heterocycles. The van der Waals surface area contributed by atoms with Crippen molar-refractivity contribution in [1.29, 1.82) is 0 Å². The molecule has 1 heterocycles. The topological polar surface area (TPSA) is 42.1 Å². The van der Waals surface area contributed by atoms with Crippen LogP contribution in [0.3, 0.4) is 0 Å². The van der Waals surface area contributed by atoms with Gasteiger partial charge in [0.2, 0.25) is 0 Å². The van der Waals surface area contributed by atoms with E-state index in [0.29, 0.717) is 5.76 Å². The van der Waals surface area contributed by atoms with Crippen LogP contribution in [0.4, 0.5) is 0 Å². The summed E-state index contributed by atoms with van der Waals surface area (Å²) in [5, 5.41) is 0. The molecular formula is C10H11NO2. The highest BCUT2D eigenvalue weighted by Gasteiger charge is 2.15. The first kappa shape index (κ1) is 8.10. The Morgan fingerprint density at radius 3 is 3.23 bits per heavy atom. The second kappa shape index (κ2) is 3.09. The number of allylic oxidation sites excluding steroid dienone is 1. The van der Waals surface area contributed by atoms with Crippen LogP contribution in [0.15, 0.2) is 18.3 Å².